The second-order valence-electron chi connectivity index (χ2n) is 5.65. The van der Waals surface area contributed by atoms with Gasteiger partial charge in [0.15, 0.2) is 0 Å². The zero-order valence-electron chi connectivity index (χ0n) is 12.2. The number of hydrogen-bond acceptors (Lipinski definition) is 2. The van der Waals surface area contributed by atoms with Gasteiger partial charge in [-0.15, -0.1) is 0 Å². The van der Waals surface area contributed by atoms with Crippen LogP contribution < -0.4 is 5.32 Å². The van der Waals surface area contributed by atoms with E-state index in [1.165, 1.54) is 31.0 Å². The highest BCUT2D eigenvalue weighted by molar-refractivity contribution is 5.19. The van der Waals surface area contributed by atoms with Crippen molar-refractivity contribution >= 4 is 0 Å². The molecule has 1 N–H and O–H groups in total. The largest absolute Gasteiger partial charge is 0.316 e. The van der Waals surface area contributed by atoms with Gasteiger partial charge < -0.3 is 5.32 Å². The molecule has 1 atom stereocenters. The first-order valence-electron chi connectivity index (χ1n) is 7.56. The van der Waals surface area contributed by atoms with Crippen LogP contribution in [0.25, 0.3) is 0 Å². The molecule has 2 rings (SSSR count). The molecule has 1 fully saturated rings. The van der Waals surface area contributed by atoms with Crippen LogP contribution >= 0.6 is 0 Å². The van der Waals surface area contributed by atoms with E-state index in [4.69, 9.17) is 0 Å². The number of hydrogen-bond donors (Lipinski definition) is 1. The van der Waals surface area contributed by atoms with Crippen LogP contribution in [0.4, 0.5) is 8.78 Å². The van der Waals surface area contributed by atoms with Crippen LogP contribution in [0.1, 0.15) is 31.7 Å². The lowest BCUT2D eigenvalue weighted by Gasteiger charge is -2.30. The number of piperidine rings is 1. The molecule has 1 aliphatic rings. The summed E-state index contributed by atoms with van der Waals surface area (Å²) in [6, 6.07) is 4.10. The van der Waals surface area contributed by atoms with Gasteiger partial charge >= 0.3 is 0 Å². The molecule has 0 spiro atoms. The predicted octanol–water partition coefficient (Wildman–Crippen LogP) is 3.18. The summed E-state index contributed by atoms with van der Waals surface area (Å²) in [4.78, 5) is 2.18. The van der Waals surface area contributed by atoms with E-state index in [-0.39, 0.29) is 5.56 Å². The molecular formula is C16H24F2N2. The van der Waals surface area contributed by atoms with E-state index >= 15 is 0 Å². The van der Waals surface area contributed by atoms with Crippen molar-refractivity contribution in [2.24, 2.45) is 5.92 Å². The van der Waals surface area contributed by atoms with Crippen molar-refractivity contribution in [1.29, 1.82) is 0 Å². The lowest BCUT2D eigenvalue weighted by molar-refractivity contribution is 0.197. The summed E-state index contributed by atoms with van der Waals surface area (Å²) in [5, 5.41) is 3.39. The van der Waals surface area contributed by atoms with Crippen molar-refractivity contribution in [2.45, 2.75) is 32.7 Å². The summed E-state index contributed by atoms with van der Waals surface area (Å²) in [6.45, 7) is 6.36. The van der Waals surface area contributed by atoms with E-state index in [0.717, 1.165) is 32.6 Å². The van der Waals surface area contributed by atoms with E-state index in [9.17, 15) is 8.78 Å². The van der Waals surface area contributed by atoms with Crippen molar-refractivity contribution in [3.8, 4) is 0 Å². The average molecular weight is 282 g/mol. The first-order chi connectivity index (χ1) is 9.70. The highest BCUT2D eigenvalue weighted by Gasteiger charge is 2.19. The van der Waals surface area contributed by atoms with Gasteiger partial charge in [-0.05, 0) is 56.9 Å². The standard InChI is InChI=1S/C16H24F2N2/c1-2-9-20(11-13-5-4-8-19-10-13)12-14-15(17)6-3-7-16(14)18/h3,6-7,13,19H,2,4-5,8-12H2,1H3. The van der Waals surface area contributed by atoms with Crippen LogP contribution in [-0.4, -0.2) is 31.1 Å². The minimum Gasteiger partial charge on any atom is -0.316 e. The van der Waals surface area contributed by atoms with E-state index in [2.05, 4.69) is 17.1 Å². The zero-order chi connectivity index (χ0) is 14.4. The molecule has 0 aromatic heterocycles. The molecular weight excluding hydrogens is 258 g/mol. The maximum atomic E-state index is 13.8. The van der Waals surface area contributed by atoms with Crippen molar-refractivity contribution < 1.29 is 8.78 Å². The third-order valence-corrected chi connectivity index (χ3v) is 3.90. The minimum absolute atomic E-state index is 0.199. The SMILES string of the molecule is CCCN(Cc1c(F)cccc1F)CC1CCCNC1. The molecule has 20 heavy (non-hydrogen) atoms. The number of nitrogens with one attached hydrogen (secondary N) is 1. The molecule has 0 aliphatic carbocycles. The summed E-state index contributed by atoms with van der Waals surface area (Å²) in [6.07, 6.45) is 3.39. The lowest BCUT2D eigenvalue weighted by atomic mass is 9.98. The Bertz CT molecular complexity index is 397. The minimum atomic E-state index is -0.437. The predicted molar refractivity (Wildman–Crippen MR) is 77.5 cm³/mol. The maximum absolute atomic E-state index is 13.8. The zero-order valence-corrected chi connectivity index (χ0v) is 12.2. The van der Waals surface area contributed by atoms with E-state index < -0.39 is 11.6 Å². The third kappa shape index (κ3) is 4.25. The highest BCUT2D eigenvalue weighted by Crippen LogP contribution is 2.18. The van der Waals surface area contributed by atoms with Crippen LogP contribution in [-0.2, 0) is 6.54 Å². The van der Waals surface area contributed by atoms with Crippen LogP contribution in [0.2, 0.25) is 0 Å². The average Bonchev–Trinajstić information content (AvgIpc) is 2.44. The third-order valence-electron chi connectivity index (χ3n) is 3.90. The van der Waals surface area contributed by atoms with Crippen LogP contribution in [0, 0.1) is 17.6 Å². The Kier molecular flexibility index (Phi) is 5.92. The van der Waals surface area contributed by atoms with Gasteiger partial charge in [-0.1, -0.05) is 13.0 Å². The van der Waals surface area contributed by atoms with Gasteiger partial charge in [0.2, 0.25) is 0 Å². The lowest BCUT2D eigenvalue weighted by Crippen LogP contribution is -2.38. The van der Waals surface area contributed by atoms with Gasteiger partial charge in [-0.3, -0.25) is 4.90 Å². The molecule has 1 saturated heterocycles. The number of benzene rings is 1. The van der Waals surface area contributed by atoms with Crippen molar-refractivity contribution in [3.05, 3.63) is 35.4 Å². The first kappa shape index (κ1) is 15.4. The molecule has 0 amide bonds. The normalized spacial score (nSPS) is 19.5. The second kappa shape index (κ2) is 7.70. The Morgan fingerprint density at radius 1 is 1.30 bits per heavy atom. The summed E-state index contributed by atoms with van der Waals surface area (Å²) in [7, 11) is 0. The number of nitrogens with zero attached hydrogens (tertiary/aromatic N) is 1. The van der Waals surface area contributed by atoms with Crippen LogP contribution in [0.5, 0.6) is 0 Å². The smallest absolute Gasteiger partial charge is 0.130 e. The van der Waals surface area contributed by atoms with Gasteiger partial charge in [-0.2, -0.15) is 0 Å². The van der Waals surface area contributed by atoms with Gasteiger partial charge in [0.25, 0.3) is 0 Å². The Morgan fingerprint density at radius 3 is 2.65 bits per heavy atom. The van der Waals surface area contributed by atoms with Gasteiger partial charge in [-0.25, -0.2) is 8.78 Å². The Balaban J connectivity index is 2.00. The molecule has 1 heterocycles. The maximum Gasteiger partial charge on any atom is 0.130 e. The Hall–Kier alpha value is -1.00. The molecule has 1 aromatic carbocycles. The molecule has 0 radical (unpaired) electrons. The topological polar surface area (TPSA) is 15.3 Å². The summed E-state index contributed by atoms with van der Waals surface area (Å²) >= 11 is 0. The van der Waals surface area contributed by atoms with Crippen LogP contribution in [0.15, 0.2) is 18.2 Å². The first-order valence-corrected chi connectivity index (χ1v) is 7.56. The number of rotatable bonds is 6. The highest BCUT2D eigenvalue weighted by atomic mass is 19.1. The molecule has 2 nitrogen and oxygen atoms in total. The molecule has 1 aliphatic heterocycles. The quantitative estimate of drug-likeness (QED) is 0.862. The monoisotopic (exact) mass is 282 g/mol. The molecule has 1 aromatic rings. The van der Waals surface area contributed by atoms with Crippen molar-refractivity contribution in [3.63, 3.8) is 0 Å². The van der Waals surface area contributed by atoms with Gasteiger partial charge in [0.05, 0.1) is 0 Å². The summed E-state index contributed by atoms with van der Waals surface area (Å²) in [5.41, 5.74) is 0.199. The fourth-order valence-corrected chi connectivity index (χ4v) is 2.90. The van der Waals surface area contributed by atoms with Crippen molar-refractivity contribution in [1.82, 2.24) is 10.2 Å². The fourth-order valence-electron chi connectivity index (χ4n) is 2.90. The fraction of sp³-hybridized carbons (Fsp3) is 0.625. The Labute approximate surface area is 120 Å². The second-order valence-corrected chi connectivity index (χ2v) is 5.65. The molecule has 0 saturated carbocycles. The van der Waals surface area contributed by atoms with Gasteiger partial charge in [0.1, 0.15) is 11.6 Å². The summed E-state index contributed by atoms with van der Waals surface area (Å²) in [5.74, 6) is -0.286. The van der Waals surface area contributed by atoms with E-state index in [1.807, 2.05) is 0 Å². The van der Waals surface area contributed by atoms with Crippen LogP contribution in [0.3, 0.4) is 0 Å². The van der Waals surface area contributed by atoms with E-state index in [1.54, 1.807) is 0 Å². The molecule has 1 unspecified atom stereocenters. The molecule has 4 heteroatoms. The number of halogens is 2. The Morgan fingerprint density at radius 2 is 2.05 bits per heavy atom. The molecule has 112 valence electrons. The van der Waals surface area contributed by atoms with Gasteiger partial charge in [0, 0.05) is 18.7 Å². The van der Waals surface area contributed by atoms with Crippen molar-refractivity contribution in [2.75, 3.05) is 26.2 Å². The summed E-state index contributed by atoms with van der Waals surface area (Å²) < 4.78 is 27.5. The molecule has 0 bridgehead atoms. The van der Waals surface area contributed by atoms with E-state index in [0.29, 0.717) is 12.5 Å².